The fraction of sp³-hybridized carbons (Fsp3) is 0.148. The number of carbonyl (C=O) groups excluding carboxylic acids is 3. The number of carbonyl (C=O) groups is 3. The van der Waals surface area contributed by atoms with Gasteiger partial charge in [0.1, 0.15) is 0 Å². The fourth-order valence-corrected chi connectivity index (χ4v) is 4.49. The van der Waals surface area contributed by atoms with Crippen molar-refractivity contribution in [3.05, 3.63) is 98.4 Å². The van der Waals surface area contributed by atoms with Gasteiger partial charge in [0.05, 0.1) is 28.5 Å². The molecule has 3 aromatic rings. The van der Waals surface area contributed by atoms with Gasteiger partial charge >= 0.3 is 11.9 Å². The predicted molar refractivity (Wildman–Crippen MR) is 139 cm³/mol. The highest BCUT2D eigenvalue weighted by Gasteiger charge is 2.37. The van der Waals surface area contributed by atoms with Crippen molar-refractivity contribution < 1.29 is 42.0 Å². The largest absolute Gasteiger partial charge is 0.490 e. The van der Waals surface area contributed by atoms with Crippen molar-refractivity contribution in [3.63, 3.8) is 0 Å². The smallest absolute Gasteiger partial charge is 0.416 e. The lowest BCUT2D eigenvalue weighted by Crippen LogP contribution is -2.33. The monoisotopic (exact) mass is 572 g/mol. The average molecular weight is 573 g/mol. The number of hydrogen-bond acceptors (Lipinski definition) is 8. The summed E-state index contributed by atoms with van der Waals surface area (Å²) in [5.74, 6) is -1.43. The first-order valence-electron chi connectivity index (χ1n) is 11.6. The normalized spacial score (nSPS) is 14.5. The number of halogens is 3. The van der Waals surface area contributed by atoms with Gasteiger partial charge in [-0.25, -0.2) is 0 Å². The Bertz CT molecular complexity index is 1520. The maximum atomic E-state index is 13.0. The van der Waals surface area contributed by atoms with Crippen molar-refractivity contribution in [1.29, 1.82) is 0 Å². The van der Waals surface area contributed by atoms with Crippen molar-refractivity contribution in [3.8, 4) is 17.2 Å². The molecule has 2 amide bonds. The molecule has 1 saturated heterocycles. The first-order valence-corrected chi connectivity index (χ1v) is 12.4. The zero-order chi connectivity index (χ0) is 29.0. The number of nitro groups is 1. The van der Waals surface area contributed by atoms with Gasteiger partial charge < -0.3 is 9.47 Å². The van der Waals surface area contributed by atoms with Gasteiger partial charge in [-0.2, -0.15) is 13.2 Å². The number of benzene rings is 3. The Kier molecular flexibility index (Phi) is 8.24. The first-order chi connectivity index (χ1) is 19.0. The Labute approximate surface area is 229 Å². The number of nitrogens with zero attached hydrogens (tertiary/aromatic N) is 2. The Hall–Kier alpha value is -4.65. The van der Waals surface area contributed by atoms with E-state index in [2.05, 4.69) is 0 Å². The van der Waals surface area contributed by atoms with E-state index in [-0.39, 0.29) is 23.0 Å². The summed E-state index contributed by atoms with van der Waals surface area (Å²) in [5.41, 5.74) is -1.33. The van der Waals surface area contributed by atoms with Crippen molar-refractivity contribution in [2.75, 3.05) is 13.2 Å². The SMILES string of the molecule is CCOc1cc(/C=C2/SC(=O)N(CC(=O)c3ccccc3)C2=O)ccc1Oc1ccc(C(F)(F)F)cc1[N+](=O)[O-]. The second-order valence-electron chi connectivity index (χ2n) is 8.24. The number of amides is 2. The van der Waals surface area contributed by atoms with E-state index in [9.17, 15) is 37.7 Å². The van der Waals surface area contributed by atoms with Gasteiger partial charge in [0.2, 0.25) is 5.75 Å². The van der Waals surface area contributed by atoms with Gasteiger partial charge in [0.15, 0.2) is 17.3 Å². The van der Waals surface area contributed by atoms with Crippen LogP contribution in [0.5, 0.6) is 17.2 Å². The summed E-state index contributed by atoms with van der Waals surface area (Å²) in [6.07, 6.45) is -3.37. The third-order valence-corrected chi connectivity index (χ3v) is 6.45. The highest BCUT2D eigenvalue weighted by Crippen LogP contribution is 2.41. The minimum atomic E-state index is -4.78. The van der Waals surface area contributed by atoms with Crippen LogP contribution in [0.25, 0.3) is 6.08 Å². The third kappa shape index (κ3) is 6.31. The van der Waals surface area contributed by atoms with Crippen LogP contribution in [0.1, 0.15) is 28.4 Å². The Morgan fingerprint density at radius 3 is 2.38 bits per heavy atom. The molecule has 206 valence electrons. The summed E-state index contributed by atoms with van der Waals surface area (Å²) in [5, 5.41) is 10.8. The average Bonchev–Trinajstić information content (AvgIpc) is 3.17. The van der Waals surface area contributed by atoms with Crippen LogP contribution < -0.4 is 9.47 Å². The molecular weight excluding hydrogens is 553 g/mol. The van der Waals surface area contributed by atoms with E-state index in [0.29, 0.717) is 35.0 Å². The lowest BCUT2D eigenvalue weighted by Gasteiger charge is -2.14. The maximum absolute atomic E-state index is 13.0. The second kappa shape index (κ2) is 11.6. The van der Waals surface area contributed by atoms with Crippen molar-refractivity contribution in [2.24, 2.45) is 0 Å². The Morgan fingerprint density at radius 1 is 1.02 bits per heavy atom. The molecule has 9 nitrogen and oxygen atoms in total. The molecule has 0 spiro atoms. The van der Waals surface area contributed by atoms with Crippen LogP contribution >= 0.6 is 11.8 Å². The molecule has 0 bridgehead atoms. The molecule has 1 aliphatic heterocycles. The summed E-state index contributed by atoms with van der Waals surface area (Å²) in [6.45, 7) is 1.38. The molecule has 1 fully saturated rings. The van der Waals surface area contributed by atoms with Crippen LogP contribution in [0.3, 0.4) is 0 Å². The molecule has 4 rings (SSSR count). The van der Waals surface area contributed by atoms with Crippen molar-refractivity contribution in [2.45, 2.75) is 13.1 Å². The second-order valence-corrected chi connectivity index (χ2v) is 9.23. The number of thioether (sulfide) groups is 1. The Morgan fingerprint density at radius 2 is 1.73 bits per heavy atom. The maximum Gasteiger partial charge on any atom is 0.416 e. The van der Waals surface area contributed by atoms with Gasteiger partial charge in [-0.05, 0) is 54.6 Å². The van der Waals surface area contributed by atoms with Crippen LogP contribution in [0.4, 0.5) is 23.7 Å². The molecular formula is C27H19F3N2O7S. The fourth-order valence-electron chi connectivity index (χ4n) is 3.65. The molecule has 0 unspecified atom stereocenters. The lowest BCUT2D eigenvalue weighted by molar-refractivity contribution is -0.385. The molecule has 0 N–H and O–H groups in total. The van der Waals surface area contributed by atoms with E-state index in [1.807, 2.05) is 0 Å². The van der Waals surface area contributed by atoms with Crippen LogP contribution in [0, 0.1) is 10.1 Å². The van der Waals surface area contributed by atoms with Gasteiger partial charge in [-0.15, -0.1) is 0 Å². The van der Waals surface area contributed by atoms with E-state index in [1.165, 1.54) is 24.3 Å². The zero-order valence-corrected chi connectivity index (χ0v) is 21.5. The molecule has 0 aromatic heterocycles. The van der Waals surface area contributed by atoms with E-state index in [0.717, 1.165) is 11.0 Å². The van der Waals surface area contributed by atoms with E-state index in [1.54, 1.807) is 37.3 Å². The number of Topliss-reactive ketones (excluding diaryl/α,β-unsaturated/α-hetero) is 1. The molecule has 40 heavy (non-hydrogen) atoms. The van der Waals surface area contributed by atoms with Crippen molar-refractivity contribution in [1.82, 2.24) is 4.90 Å². The van der Waals surface area contributed by atoms with Crippen molar-refractivity contribution >= 4 is 40.5 Å². The lowest BCUT2D eigenvalue weighted by atomic mass is 10.1. The minimum Gasteiger partial charge on any atom is -0.490 e. The standard InChI is InChI=1S/C27H19F3N2O7S/c1-2-38-23-12-16(8-10-22(23)39-21-11-9-18(27(28,29)30)14-19(21)32(36)37)13-24-25(34)31(26(35)40-24)15-20(33)17-6-4-3-5-7-17/h3-14H,2,15H2,1H3/b24-13+. The topological polar surface area (TPSA) is 116 Å². The number of hydrogen-bond donors (Lipinski definition) is 0. The van der Waals surface area contributed by atoms with Gasteiger partial charge in [0.25, 0.3) is 11.1 Å². The zero-order valence-electron chi connectivity index (χ0n) is 20.6. The quantitative estimate of drug-likeness (QED) is 0.120. The minimum absolute atomic E-state index is 0.0246. The van der Waals surface area contributed by atoms with Crippen LogP contribution in [0.15, 0.2) is 71.6 Å². The number of ether oxygens (including phenoxy) is 2. The summed E-state index contributed by atoms with van der Waals surface area (Å²) in [6, 6.07) is 14.4. The third-order valence-electron chi connectivity index (χ3n) is 5.54. The number of imide groups is 1. The van der Waals surface area contributed by atoms with Gasteiger partial charge in [0, 0.05) is 11.6 Å². The highest BCUT2D eigenvalue weighted by atomic mass is 32.2. The number of alkyl halides is 3. The number of ketones is 1. The molecule has 0 aliphatic carbocycles. The molecule has 13 heteroatoms. The molecule has 3 aromatic carbocycles. The molecule has 0 saturated carbocycles. The summed E-state index contributed by atoms with van der Waals surface area (Å²) in [7, 11) is 0. The number of nitro benzene ring substituents is 1. The van der Waals surface area contributed by atoms with Gasteiger partial charge in [-0.1, -0.05) is 36.4 Å². The van der Waals surface area contributed by atoms with Crippen LogP contribution in [0.2, 0.25) is 0 Å². The number of rotatable bonds is 9. The summed E-state index contributed by atoms with van der Waals surface area (Å²) < 4.78 is 50.2. The summed E-state index contributed by atoms with van der Waals surface area (Å²) in [4.78, 5) is 49.1. The van der Waals surface area contributed by atoms with Crippen LogP contribution in [-0.4, -0.2) is 39.9 Å². The summed E-state index contributed by atoms with van der Waals surface area (Å²) >= 11 is 0.656. The van der Waals surface area contributed by atoms with Gasteiger partial charge in [-0.3, -0.25) is 29.4 Å². The van der Waals surface area contributed by atoms with Crippen LogP contribution in [-0.2, 0) is 11.0 Å². The predicted octanol–water partition coefficient (Wildman–Crippen LogP) is 6.72. The van der Waals surface area contributed by atoms with E-state index in [4.69, 9.17) is 9.47 Å². The molecule has 1 aliphatic rings. The van der Waals surface area contributed by atoms with E-state index < -0.39 is 51.6 Å². The molecule has 1 heterocycles. The first kappa shape index (κ1) is 28.4. The highest BCUT2D eigenvalue weighted by molar-refractivity contribution is 8.18. The molecule has 0 radical (unpaired) electrons. The van der Waals surface area contributed by atoms with E-state index >= 15 is 0 Å². The molecule has 0 atom stereocenters. The Balaban J connectivity index is 1.58.